The van der Waals surface area contributed by atoms with Crippen molar-refractivity contribution in [2.45, 2.75) is 59.2 Å². The van der Waals surface area contributed by atoms with E-state index in [0.717, 1.165) is 17.8 Å². The summed E-state index contributed by atoms with van der Waals surface area (Å²) < 4.78 is 24.1. The van der Waals surface area contributed by atoms with Crippen LogP contribution in [0.1, 0.15) is 44.1 Å². The molecule has 34 heavy (non-hydrogen) atoms. The lowest BCUT2D eigenvalue weighted by atomic mass is 10.1. The summed E-state index contributed by atoms with van der Waals surface area (Å²) in [6.45, 7) is 10.0. The zero-order valence-electron chi connectivity index (χ0n) is 20.4. The van der Waals surface area contributed by atoms with Crippen molar-refractivity contribution < 1.29 is 23.5 Å². The average molecular weight is 472 g/mol. The quantitative estimate of drug-likeness (QED) is 0.521. The molecule has 1 aromatic heterocycles. The second-order valence-corrected chi connectivity index (χ2v) is 8.79. The van der Waals surface area contributed by atoms with Crippen molar-refractivity contribution in [3.8, 4) is 5.75 Å². The highest BCUT2D eigenvalue weighted by Gasteiger charge is 2.32. The van der Waals surface area contributed by atoms with Gasteiger partial charge in [-0.15, -0.1) is 0 Å². The summed E-state index contributed by atoms with van der Waals surface area (Å²) in [5, 5.41) is 0. The standard InChI is InChI=1S/C26H34FN3O4/c1-5-33-26(32)13-11-23-24(12-6-18(2)28-23)34-17-25(31)30-15-19(3)29(14-20(30)4)16-21-7-9-22(27)10-8-21/h6-10,12,19-20H,5,11,13-17H2,1-4H3/t19-,20+/m0/s1. The topological polar surface area (TPSA) is 72.0 Å². The molecule has 1 amide bonds. The summed E-state index contributed by atoms with van der Waals surface area (Å²) in [6.07, 6.45) is 0.596. The first-order chi connectivity index (χ1) is 16.3. The minimum atomic E-state index is -0.283. The number of hydrogen-bond acceptors (Lipinski definition) is 6. The Labute approximate surface area is 200 Å². The fraction of sp³-hybridized carbons (Fsp3) is 0.500. The van der Waals surface area contributed by atoms with E-state index in [1.54, 1.807) is 25.1 Å². The van der Waals surface area contributed by atoms with Crippen molar-refractivity contribution in [1.82, 2.24) is 14.8 Å². The Balaban J connectivity index is 1.57. The van der Waals surface area contributed by atoms with E-state index >= 15 is 0 Å². The largest absolute Gasteiger partial charge is 0.482 e. The first-order valence-corrected chi connectivity index (χ1v) is 11.8. The zero-order chi connectivity index (χ0) is 24.7. The monoisotopic (exact) mass is 471 g/mol. The lowest BCUT2D eigenvalue weighted by Crippen LogP contribution is -2.58. The molecule has 2 aromatic rings. The molecule has 2 atom stereocenters. The third kappa shape index (κ3) is 7.00. The number of carbonyl (C=O) groups is 2. The molecule has 0 spiro atoms. The lowest BCUT2D eigenvalue weighted by molar-refractivity contribution is -0.143. The number of carbonyl (C=O) groups excluding carboxylic acids is 2. The number of piperazine rings is 1. The van der Waals surface area contributed by atoms with Gasteiger partial charge in [0, 0.05) is 43.8 Å². The van der Waals surface area contributed by atoms with Crippen LogP contribution in [0.25, 0.3) is 0 Å². The van der Waals surface area contributed by atoms with Crippen molar-refractivity contribution in [2.24, 2.45) is 0 Å². The van der Waals surface area contributed by atoms with Crippen LogP contribution in [-0.4, -0.2) is 65.0 Å². The van der Waals surface area contributed by atoms with Gasteiger partial charge in [0.1, 0.15) is 11.6 Å². The Bertz CT molecular complexity index is 983. The van der Waals surface area contributed by atoms with Crippen molar-refractivity contribution in [3.63, 3.8) is 0 Å². The van der Waals surface area contributed by atoms with Crippen LogP contribution in [0, 0.1) is 12.7 Å². The molecular weight excluding hydrogens is 437 g/mol. The Hall–Kier alpha value is -3.00. The number of halogens is 1. The molecule has 0 unspecified atom stereocenters. The first-order valence-electron chi connectivity index (χ1n) is 11.8. The molecule has 2 heterocycles. The van der Waals surface area contributed by atoms with Gasteiger partial charge in [-0.3, -0.25) is 19.5 Å². The van der Waals surface area contributed by atoms with Crippen LogP contribution in [0.2, 0.25) is 0 Å². The van der Waals surface area contributed by atoms with E-state index in [1.165, 1.54) is 12.1 Å². The van der Waals surface area contributed by atoms with Crippen molar-refractivity contribution in [3.05, 3.63) is 59.2 Å². The van der Waals surface area contributed by atoms with Gasteiger partial charge in [-0.2, -0.15) is 0 Å². The third-order valence-electron chi connectivity index (χ3n) is 6.03. The van der Waals surface area contributed by atoms with E-state index in [2.05, 4.69) is 16.8 Å². The molecule has 0 N–H and O–H groups in total. The molecule has 0 saturated carbocycles. The summed E-state index contributed by atoms with van der Waals surface area (Å²) in [5.41, 5.74) is 2.51. The smallest absolute Gasteiger partial charge is 0.306 e. The maximum Gasteiger partial charge on any atom is 0.306 e. The van der Waals surface area contributed by atoms with Crippen LogP contribution in [0.4, 0.5) is 4.39 Å². The number of amides is 1. The van der Waals surface area contributed by atoms with Crippen LogP contribution >= 0.6 is 0 Å². The summed E-state index contributed by atoms with van der Waals surface area (Å²) >= 11 is 0. The van der Waals surface area contributed by atoms with Crippen LogP contribution in [0.15, 0.2) is 36.4 Å². The average Bonchev–Trinajstić information content (AvgIpc) is 2.80. The van der Waals surface area contributed by atoms with Gasteiger partial charge < -0.3 is 14.4 Å². The normalized spacial score (nSPS) is 18.6. The van der Waals surface area contributed by atoms with E-state index in [9.17, 15) is 14.0 Å². The number of aromatic nitrogens is 1. The molecule has 8 heteroatoms. The lowest BCUT2D eigenvalue weighted by Gasteiger charge is -2.44. The van der Waals surface area contributed by atoms with E-state index in [-0.39, 0.29) is 42.8 Å². The van der Waals surface area contributed by atoms with E-state index < -0.39 is 0 Å². The predicted molar refractivity (Wildman–Crippen MR) is 127 cm³/mol. The van der Waals surface area contributed by atoms with Crippen molar-refractivity contribution in [1.29, 1.82) is 0 Å². The van der Waals surface area contributed by atoms with Gasteiger partial charge in [0.15, 0.2) is 6.61 Å². The fourth-order valence-electron chi connectivity index (χ4n) is 4.17. The number of ether oxygens (including phenoxy) is 2. The van der Waals surface area contributed by atoms with Crippen molar-refractivity contribution in [2.75, 3.05) is 26.3 Å². The Morgan fingerprint density at radius 3 is 2.53 bits per heavy atom. The molecule has 1 aromatic carbocycles. The fourth-order valence-corrected chi connectivity index (χ4v) is 4.17. The molecule has 1 aliphatic rings. The SMILES string of the molecule is CCOC(=O)CCc1nc(C)ccc1OCC(=O)N1C[C@H](C)N(Cc2ccc(F)cc2)C[C@H]1C. The van der Waals surface area contributed by atoms with Gasteiger partial charge in [0.2, 0.25) is 0 Å². The molecule has 1 fully saturated rings. The van der Waals surface area contributed by atoms with Gasteiger partial charge in [-0.25, -0.2) is 4.39 Å². The molecule has 0 bridgehead atoms. The maximum absolute atomic E-state index is 13.2. The van der Waals surface area contributed by atoms with Crippen LogP contribution in [-0.2, 0) is 27.3 Å². The second-order valence-electron chi connectivity index (χ2n) is 8.79. The van der Waals surface area contributed by atoms with Crippen LogP contribution < -0.4 is 4.74 Å². The number of hydrogen-bond donors (Lipinski definition) is 0. The zero-order valence-corrected chi connectivity index (χ0v) is 20.4. The second kappa shape index (κ2) is 11.9. The van der Waals surface area contributed by atoms with Gasteiger partial charge in [-0.1, -0.05) is 12.1 Å². The Kier molecular flexibility index (Phi) is 8.98. The summed E-state index contributed by atoms with van der Waals surface area (Å²) in [7, 11) is 0. The summed E-state index contributed by atoms with van der Waals surface area (Å²) in [4.78, 5) is 33.4. The van der Waals surface area contributed by atoms with Gasteiger partial charge in [0.25, 0.3) is 5.91 Å². The number of pyridine rings is 1. The van der Waals surface area contributed by atoms with Gasteiger partial charge in [0.05, 0.1) is 18.7 Å². The van der Waals surface area contributed by atoms with Gasteiger partial charge in [-0.05, 0) is 57.5 Å². The molecule has 1 aliphatic heterocycles. The van der Waals surface area contributed by atoms with Gasteiger partial charge >= 0.3 is 5.97 Å². The molecular formula is C26H34FN3O4. The number of benzene rings is 1. The molecule has 7 nitrogen and oxygen atoms in total. The number of esters is 1. The van der Waals surface area contributed by atoms with Crippen molar-refractivity contribution >= 4 is 11.9 Å². The van der Waals surface area contributed by atoms with Crippen LogP contribution in [0.3, 0.4) is 0 Å². The molecule has 3 rings (SSSR count). The highest BCUT2D eigenvalue weighted by atomic mass is 19.1. The maximum atomic E-state index is 13.2. The summed E-state index contributed by atoms with van der Waals surface area (Å²) in [6, 6.07) is 10.3. The van der Waals surface area contributed by atoms with E-state index in [0.29, 0.717) is 37.6 Å². The number of aryl methyl sites for hydroxylation is 2. The predicted octanol–water partition coefficient (Wildman–Crippen LogP) is 3.53. The molecule has 184 valence electrons. The first kappa shape index (κ1) is 25.6. The Morgan fingerprint density at radius 1 is 1.09 bits per heavy atom. The van der Waals surface area contributed by atoms with E-state index in [4.69, 9.17) is 9.47 Å². The number of nitrogens with zero attached hydrogens (tertiary/aromatic N) is 3. The molecule has 0 radical (unpaired) electrons. The minimum Gasteiger partial charge on any atom is -0.482 e. The third-order valence-corrected chi connectivity index (χ3v) is 6.03. The summed E-state index contributed by atoms with van der Waals surface area (Å²) in [5.74, 6) is -0.0980. The Morgan fingerprint density at radius 2 is 1.82 bits per heavy atom. The minimum absolute atomic E-state index is 0.0205. The highest BCUT2D eigenvalue weighted by molar-refractivity contribution is 5.78. The van der Waals surface area contributed by atoms with E-state index in [1.807, 2.05) is 24.8 Å². The highest BCUT2D eigenvalue weighted by Crippen LogP contribution is 2.21. The molecule has 0 aliphatic carbocycles. The number of rotatable bonds is 9. The van der Waals surface area contributed by atoms with Crippen LogP contribution in [0.5, 0.6) is 5.75 Å². The molecule has 1 saturated heterocycles.